The van der Waals surface area contributed by atoms with E-state index >= 15 is 0 Å². The van der Waals surface area contributed by atoms with Crippen molar-refractivity contribution >= 4 is 27.0 Å². The maximum absolute atomic E-state index is 12.5. The van der Waals surface area contributed by atoms with Crippen molar-refractivity contribution in [2.24, 2.45) is 0 Å². The van der Waals surface area contributed by atoms with Crippen LogP contribution in [0.15, 0.2) is 47.4 Å². The minimum absolute atomic E-state index is 0.0418. The van der Waals surface area contributed by atoms with E-state index < -0.39 is 10.0 Å². The molecular formula is C25H34N4O4S. The van der Waals surface area contributed by atoms with Crippen LogP contribution in [0.25, 0.3) is 11.0 Å². The molecule has 1 N–H and O–H groups in total. The summed E-state index contributed by atoms with van der Waals surface area (Å²) in [7, 11) is 1.12. The molecule has 0 aliphatic carbocycles. The molecule has 3 rings (SSSR count). The van der Waals surface area contributed by atoms with Gasteiger partial charge in [0.25, 0.3) is 0 Å². The van der Waals surface area contributed by atoms with Crippen molar-refractivity contribution < 1.29 is 17.9 Å². The molecule has 34 heavy (non-hydrogen) atoms. The van der Waals surface area contributed by atoms with E-state index in [1.807, 2.05) is 30.3 Å². The Balaban J connectivity index is 1.70. The SMILES string of the molecule is CCCCn1c(CCC(=O)NCCc2ccccc2OC)nc2cc(S(=O)(=O)N(C)C)ccc21. The van der Waals surface area contributed by atoms with Crippen molar-refractivity contribution in [2.45, 2.75) is 50.5 Å². The van der Waals surface area contributed by atoms with Crippen LogP contribution >= 0.6 is 0 Å². The van der Waals surface area contributed by atoms with Gasteiger partial charge < -0.3 is 14.6 Å². The van der Waals surface area contributed by atoms with Crippen molar-refractivity contribution in [1.82, 2.24) is 19.2 Å². The van der Waals surface area contributed by atoms with Gasteiger partial charge in [-0.2, -0.15) is 0 Å². The second-order valence-corrected chi connectivity index (χ2v) is 10.5. The maximum Gasteiger partial charge on any atom is 0.242 e. The van der Waals surface area contributed by atoms with E-state index in [4.69, 9.17) is 9.72 Å². The Morgan fingerprint density at radius 1 is 1.15 bits per heavy atom. The second kappa shape index (κ2) is 11.5. The Labute approximate surface area is 202 Å². The number of fused-ring (bicyclic) bond motifs is 1. The summed E-state index contributed by atoms with van der Waals surface area (Å²) >= 11 is 0. The maximum atomic E-state index is 12.5. The van der Waals surface area contributed by atoms with Crippen molar-refractivity contribution in [3.63, 3.8) is 0 Å². The first-order valence-corrected chi connectivity index (χ1v) is 13.0. The van der Waals surface area contributed by atoms with Crippen LogP contribution in [0.2, 0.25) is 0 Å². The van der Waals surface area contributed by atoms with Gasteiger partial charge in [-0.05, 0) is 42.7 Å². The number of nitrogens with one attached hydrogen (secondary N) is 1. The van der Waals surface area contributed by atoms with Gasteiger partial charge >= 0.3 is 0 Å². The molecule has 184 valence electrons. The number of aryl methyl sites for hydroxylation is 2. The van der Waals surface area contributed by atoms with Crippen LogP contribution in [0.3, 0.4) is 0 Å². The molecule has 0 spiro atoms. The topological polar surface area (TPSA) is 93.5 Å². The molecule has 0 fully saturated rings. The number of hydrogen-bond acceptors (Lipinski definition) is 5. The molecule has 0 atom stereocenters. The standard InChI is InChI=1S/C25H34N4O4S/c1-5-6-17-29-22-12-11-20(34(31,32)28(2)3)18-21(22)27-24(29)13-14-25(30)26-16-15-19-9-7-8-10-23(19)33-4/h7-12,18H,5-6,13-17H2,1-4H3,(H,26,30). The van der Waals surface area contributed by atoms with Gasteiger partial charge in [0, 0.05) is 40.0 Å². The first-order valence-electron chi connectivity index (χ1n) is 11.6. The first kappa shape index (κ1) is 25.7. The first-order chi connectivity index (χ1) is 16.3. The van der Waals surface area contributed by atoms with E-state index in [9.17, 15) is 13.2 Å². The molecule has 2 aromatic carbocycles. The van der Waals surface area contributed by atoms with Gasteiger partial charge in [-0.1, -0.05) is 31.5 Å². The largest absolute Gasteiger partial charge is 0.496 e. The van der Waals surface area contributed by atoms with Crippen molar-refractivity contribution in [3.05, 3.63) is 53.9 Å². The summed E-state index contributed by atoms with van der Waals surface area (Å²) in [5.74, 6) is 1.57. The highest BCUT2D eigenvalue weighted by Crippen LogP contribution is 2.23. The van der Waals surface area contributed by atoms with E-state index in [0.29, 0.717) is 31.3 Å². The minimum Gasteiger partial charge on any atom is -0.496 e. The smallest absolute Gasteiger partial charge is 0.242 e. The van der Waals surface area contributed by atoms with Gasteiger partial charge in [0.2, 0.25) is 15.9 Å². The van der Waals surface area contributed by atoms with E-state index in [0.717, 1.165) is 42.0 Å². The number of imidazole rings is 1. The molecule has 0 unspecified atom stereocenters. The molecule has 0 aliphatic heterocycles. The van der Waals surface area contributed by atoms with Crippen molar-refractivity contribution in [2.75, 3.05) is 27.7 Å². The summed E-state index contributed by atoms with van der Waals surface area (Å²) in [4.78, 5) is 17.4. The number of para-hydroxylation sites is 1. The van der Waals surface area contributed by atoms with E-state index in [-0.39, 0.29) is 10.8 Å². The molecule has 0 saturated carbocycles. The van der Waals surface area contributed by atoms with Crippen molar-refractivity contribution in [3.8, 4) is 5.75 Å². The minimum atomic E-state index is -3.54. The zero-order chi connectivity index (χ0) is 24.7. The number of amides is 1. The Bertz CT molecular complexity index is 1230. The fourth-order valence-electron chi connectivity index (χ4n) is 3.85. The van der Waals surface area contributed by atoms with Crippen LogP contribution < -0.4 is 10.1 Å². The van der Waals surface area contributed by atoms with Crippen molar-refractivity contribution in [1.29, 1.82) is 0 Å². The van der Waals surface area contributed by atoms with E-state index in [1.165, 1.54) is 18.4 Å². The molecule has 1 aromatic heterocycles. The number of methoxy groups -OCH3 is 1. The third-order valence-corrected chi connectivity index (χ3v) is 7.61. The summed E-state index contributed by atoms with van der Waals surface area (Å²) in [5, 5.41) is 2.97. The molecule has 3 aromatic rings. The number of nitrogens with zero attached hydrogens (tertiary/aromatic N) is 3. The van der Waals surface area contributed by atoms with Gasteiger partial charge in [-0.3, -0.25) is 4.79 Å². The molecular weight excluding hydrogens is 452 g/mol. The molecule has 1 heterocycles. The molecule has 0 radical (unpaired) electrons. The monoisotopic (exact) mass is 486 g/mol. The van der Waals surface area contributed by atoms with Crippen LogP contribution in [0.5, 0.6) is 5.75 Å². The molecule has 0 aliphatic rings. The Kier molecular flexibility index (Phi) is 8.68. The predicted octanol–water partition coefficient (Wildman–Crippen LogP) is 3.39. The zero-order valence-corrected chi connectivity index (χ0v) is 21.2. The summed E-state index contributed by atoms with van der Waals surface area (Å²) in [5.41, 5.74) is 2.57. The number of sulfonamides is 1. The zero-order valence-electron chi connectivity index (χ0n) is 20.4. The number of hydrogen-bond donors (Lipinski definition) is 1. The number of carbonyl (C=O) groups excluding carboxylic acids is 1. The summed E-state index contributed by atoms with van der Waals surface area (Å²) in [6.45, 7) is 3.42. The Morgan fingerprint density at radius 2 is 1.91 bits per heavy atom. The van der Waals surface area contributed by atoms with Gasteiger partial charge in [0.1, 0.15) is 11.6 Å². The summed E-state index contributed by atoms with van der Waals surface area (Å²) in [6.07, 6.45) is 3.48. The van der Waals surface area contributed by atoms with Gasteiger partial charge in [-0.25, -0.2) is 17.7 Å². The van der Waals surface area contributed by atoms with Crippen LogP contribution in [0, 0.1) is 0 Å². The number of rotatable bonds is 12. The fourth-order valence-corrected chi connectivity index (χ4v) is 4.77. The Hall–Kier alpha value is -2.91. The van der Waals surface area contributed by atoms with Gasteiger partial charge in [0.15, 0.2) is 0 Å². The van der Waals surface area contributed by atoms with Gasteiger partial charge in [-0.15, -0.1) is 0 Å². The molecule has 9 heteroatoms. The fraction of sp³-hybridized carbons (Fsp3) is 0.440. The second-order valence-electron chi connectivity index (χ2n) is 8.38. The quantitative estimate of drug-likeness (QED) is 0.424. The number of ether oxygens (including phenoxy) is 1. The third-order valence-electron chi connectivity index (χ3n) is 5.80. The predicted molar refractivity (Wildman–Crippen MR) is 134 cm³/mol. The summed E-state index contributed by atoms with van der Waals surface area (Å²) < 4.78 is 33.7. The third kappa shape index (κ3) is 5.95. The van der Waals surface area contributed by atoms with Crippen LogP contribution in [-0.2, 0) is 34.2 Å². The van der Waals surface area contributed by atoms with Crippen LogP contribution in [0.1, 0.15) is 37.6 Å². The lowest BCUT2D eigenvalue weighted by molar-refractivity contribution is -0.121. The average molecular weight is 487 g/mol. The lowest BCUT2D eigenvalue weighted by Crippen LogP contribution is -2.26. The lowest BCUT2D eigenvalue weighted by atomic mass is 10.1. The average Bonchev–Trinajstić information content (AvgIpc) is 3.18. The Morgan fingerprint density at radius 3 is 2.62 bits per heavy atom. The van der Waals surface area contributed by atoms with E-state index in [1.54, 1.807) is 19.2 Å². The van der Waals surface area contributed by atoms with Crippen LogP contribution in [-0.4, -0.2) is 55.9 Å². The number of carbonyl (C=O) groups is 1. The molecule has 8 nitrogen and oxygen atoms in total. The normalized spacial score (nSPS) is 11.8. The number of unbranched alkanes of at least 4 members (excludes halogenated alkanes) is 1. The highest BCUT2D eigenvalue weighted by Gasteiger charge is 2.20. The van der Waals surface area contributed by atoms with Crippen LogP contribution in [0.4, 0.5) is 0 Å². The van der Waals surface area contributed by atoms with E-state index in [2.05, 4.69) is 16.8 Å². The number of aromatic nitrogens is 2. The molecule has 0 bridgehead atoms. The summed E-state index contributed by atoms with van der Waals surface area (Å²) in [6, 6.07) is 12.8. The highest BCUT2D eigenvalue weighted by atomic mass is 32.2. The number of benzene rings is 2. The lowest BCUT2D eigenvalue weighted by Gasteiger charge is -2.12. The highest BCUT2D eigenvalue weighted by molar-refractivity contribution is 7.89. The molecule has 1 amide bonds. The molecule has 0 saturated heterocycles. The van der Waals surface area contributed by atoms with Gasteiger partial charge in [0.05, 0.1) is 23.0 Å².